The van der Waals surface area contributed by atoms with Crippen molar-refractivity contribution in [3.05, 3.63) is 40.0 Å². The van der Waals surface area contributed by atoms with Crippen LogP contribution in [0.3, 0.4) is 0 Å². The summed E-state index contributed by atoms with van der Waals surface area (Å²) in [6.45, 7) is 13.3. The monoisotopic (exact) mass is 319 g/mol. The van der Waals surface area contributed by atoms with Crippen LogP contribution in [-0.2, 0) is 10.8 Å². The zero-order valence-corrected chi connectivity index (χ0v) is 14.2. The number of para-hydroxylation sites is 1. The summed E-state index contributed by atoms with van der Waals surface area (Å²) in [5.41, 5.74) is 3.86. The van der Waals surface area contributed by atoms with Gasteiger partial charge in [0, 0.05) is 16.1 Å². The lowest BCUT2D eigenvalue weighted by atomic mass is 9.83. The summed E-state index contributed by atoms with van der Waals surface area (Å²) in [5.74, 6) is 0. The maximum Gasteiger partial charge on any atom is 0.0750 e. The molecule has 2 aromatic rings. The van der Waals surface area contributed by atoms with Crippen molar-refractivity contribution in [1.82, 2.24) is 4.98 Å². The molecule has 0 aliphatic heterocycles. The largest absolute Gasteiger partial charge is 0.256 e. The lowest BCUT2D eigenvalue weighted by molar-refractivity contribution is 0.584. The molecule has 2 heteroatoms. The minimum absolute atomic E-state index is 0.0950. The number of pyridine rings is 1. The highest BCUT2D eigenvalue weighted by molar-refractivity contribution is 9.10. The Bertz CT molecular complexity index is 615. The molecule has 0 aliphatic carbocycles. The van der Waals surface area contributed by atoms with Crippen molar-refractivity contribution in [2.45, 2.75) is 52.4 Å². The lowest BCUT2D eigenvalue weighted by Gasteiger charge is -2.24. The molecule has 0 fully saturated rings. The quantitative estimate of drug-likeness (QED) is 0.616. The van der Waals surface area contributed by atoms with Crippen LogP contribution in [0.1, 0.15) is 52.7 Å². The van der Waals surface area contributed by atoms with Gasteiger partial charge in [0.15, 0.2) is 0 Å². The summed E-state index contributed by atoms with van der Waals surface area (Å²) >= 11 is 3.78. The van der Waals surface area contributed by atoms with Gasteiger partial charge in [-0.2, -0.15) is 0 Å². The van der Waals surface area contributed by atoms with Crippen LogP contribution in [0.15, 0.2) is 28.9 Å². The zero-order valence-electron chi connectivity index (χ0n) is 12.6. The molecule has 0 saturated heterocycles. The average Bonchev–Trinajstić information content (AvgIpc) is 2.26. The summed E-state index contributed by atoms with van der Waals surface area (Å²) in [6.07, 6.45) is 2.02. The Balaban J connectivity index is 2.81. The third-order valence-electron chi connectivity index (χ3n) is 3.45. The average molecular weight is 320 g/mol. The number of hydrogen-bond acceptors (Lipinski definition) is 1. The lowest BCUT2D eigenvalue weighted by Crippen LogP contribution is -2.15. The Hall–Kier alpha value is -0.890. The van der Waals surface area contributed by atoms with Crippen molar-refractivity contribution < 1.29 is 0 Å². The van der Waals surface area contributed by atoms with E-state index in [1.807, 2.05) is 6.20 Å². The molecule has 1 nitrogen and oxygen atoms in total. The molecule has 0 bridgehead atoms. The summed E-state index contributed by atoms with van der Waals surface area (Å²) < 4.78 is 1.18. The number of fused-ring (bicyclic) bond motifs is 1. The molecular weight excluding hydrogens is 298 g/mol. The van der Waals surface area contributed by atoms with E-state index in [1.54, 1.807) is 0 Å². The minimum atomic E-state index is 0.0950. The summed E-state index contributed by atoms with van der Waals surface area (Å²) in [6, 6.07) is 6.46. The molecule has 1 aromatic heterocycles. The first-order valence-electron chi connectivity index (χ1n) is 6.70. The third kappa shape index (κ3) is 2.69. The summed E-state index contributed by atoms with van der Waals surface area (Å²) in [4.78, 5) is 4.74. The van der Waals surface area contributed by atoms with Crippen LogP contribution >= 0.6 is 15.9 Å². The molecule has 19 heavy (non-hydrogen) atoms. The molecule has 0 N–H and O–H groups in total. The molecule has 1 heterocycles. The second-order valence-corrected chi connectivity index (χ2v) is 7.98. The number of halogens is 1. The van der Waals surface area contributed by atoms with Gasteiger partial charge < -0.3 is 0 Å². The van der Waals surface area contributed by atoms with E-state index in [0.717, 1.165) is 5.52 Å². The fourth-order valence-electron chi connectivity index (χ4n) is 2.32. The van der Waals surface area contributed by atoms with Gasteiger partial charge in [0.2, 0.25) is 0 Å². The van der Waals surface area contributed by atoms with Gasteiger partial charge >= 0.3 is 0 Å². The summed E-state index contributed by atoms with van der Waals surface area (Å²) in [5, 5.41) is 1.21. The van der Waals surface area contributed by atoms with Gasteiger partial charge in [-0.25, -0.2) is 0 Å². The van der Waals surface area contributed by atoms with Crippen LogP contribution in [-0.4, -0.2) is 4.98 Å². The van der Waals surface area contributed by atoms with Gasteiger partial charge in [-0.05, 0) is 37.9 Å². The van der Waals surface area contributed by atoms with Crippen molar-refractivity contribution in [2.24, 2.45) is 0 Å². The Morgan fingerprint density at radius 3 is 2.00 bits per heavy atom. The van der Waals surface area contributed by atoms with E-state index in [2.05, 4.69) is 75.7 Å². The first-order valence-corrected chi connectivity index (χ1v) is 7.50. The van der Waals surface area contributed by atoms with Crippen molar-refractivity contribution in [1.29, 1.82) is 0 Å². The number of nitrogens with zero attached hydrogens (tertiary/aromatic N) is 1. The van der Waals surface area contributed by atoms with E-state index in [1.165, 1.54) is 21.0 Å². The SMILES string of the molecule is CC(C)(C)c1cnc2c(C(C)(C)C)cccc2c1Br. The molecule has 0 spiro atoms. The van der Waals surface area contributed by atoms with E-state index < -0.39 is 0 Å². The van der Waals surface area contributed by atoms with Crippen LogP contribution in [0.4, 0.5) is 0 Å². The number of benzene rings is 1. The van der Waals surface area contributed by atoms with E-state index in [0.29, 0.717) is 0 Å². The Morgan fingerprint density at radius 2 is 1.47 bits per heavy atom. The molecule has 0 saturated carbocycles. The van der Waals surface area contributed by atoms with Crippen LogP contribution in [0.2, 0.25) is 0 Å². The summed E-state index contributed by atoms with van der Waals surface area (Å²) in [7, 11) is 0. The standard InChI is InChI=1S/C17H22BrN/c1-16(2,3)12-9-7-8-11-14(18)13(17(4,5)6)10-19-15(11)12/h7-10H,1-6H3. The van der Waals surface area contributed by atoms with Gasteiger partial charge in [-0.15, -0.1) is 0 Å². The smallest absolute Gasteiger partial charge is 0.0750 e. The van der Waals surface area contributed by atoms with Crippen LogP contribution in [0, 0.1) is 0 Å². The van der Waals surface area contributed by atoms with Gasteiger partial charge in [0.25, 0.3) is 0 Å². The highest BCUT2D eigenvalue weighted by Crippen LogP contribution is 2.37. The fraction of sp³-hybridized carbons (Fsp3) is 0.471. The van der Waals surface area contributed by atoms with E-state index in [4.69, 9.17) is 4.98 Å². The molecule has 1 aromatic carbocycles. The van der Waals surface area contributed by atoms with E-state index in [-0.39, 0.29) is 10.8 Å². The normalized spacial score (nSPS) is 13.0. The Labute approximate surface area is 124 Å². The Kier molecular flexibility index (Phi) is 3.51. The van der Waals surface area contributed by atoms with Crippen LogP contribution in [0.25, 0.3) is 10.9 Å². The molecule has 0 atom stereocenters. The molecular formula is C17H22BrN. The third-order valence-corrected chi connectivity index (χ3v) is 4.30. The maximum atomic E-state index is 4.74. The first-order chi connectivity index (χ1) is 8.62. The molecule has 0 unspecified atom stereocenters. The van der Waals surface area contributed by atoms with Gasteiger partial charge in [-0.3, -0.25) is 4.98 Å². The topological polar surface area (TPSA) is 12.9 Å². The second-order valence-electron chi connectivity index (χ2n) is 7.19. The highest BCUT2D eigenvalue weighted by atomic mass is 79.9. The number of rotatable bonds is 0. The van der Waals surface area contributed by atoms with E-state index >= 15 is 0 Å². The highest BCUT2D eigenvalue weighted by Gasteiger charge is 2.22. The number of aromatic nitrogens is 1. The predicted octanol–water partition coefficient (Wildman–Crippen LogP) is 5.59. The molecule has 0 amide bonds. The molecule has 102 valence electrons. The maximum absolute atomic E-state index is 4.74. The second kappa shape index (κ2) is 4.59. The van der Waals surface area contributed by atoms with Crippen molar-refractivity contribution in [2.75, 3.05) is 0 Å². The predicted molar refractivity (Wildman–Crippen MR) is 86.8 cm³/mol. The van der Waals surface area contributed by atoms with Gasteiger partial charge in [0.05, 0.1) is 5.52 Å². The molecule has 2 rings (SSSR count). The van der Waals surface area contributed by atoms with Gasteiger partial charge in [-0.1, -0.05) is 59.7 Å². The van der Waals surface area contributed by atoms with Crippen LogP contribution < -0.4 is 0 Å². The van der Waals surface area contributed by atoms with Gasteiger partial charge in [0.1, 0.15) is 0 Å². The number of hydrogen-bond donors (Lipinski definition) is 0. The molecule has 0 aliphatic rings. The van der Waals surface area contributed by atoms with E-state index in [9.17, 15) is 0 Å². The van der Waals surface area contributed by atoms with Crippen molar-refractivity contribution in [3.63, 3.8) is 0 Å². The van der Waals surface area contributed by atoms with Crippen molar-refractivity contribution >= 4 is 26.8 Å². The zero-order chi connectivity index (χ0) is 14.4. The fourth-order valence-corrected chi connectivity index (χ4v) is 3.34. The molecule has 0 radical (unpaired) electrons. The minimum Gasteiger partial charge on any atom is -0.256 e. The Morgan fingerprint density at radius 1 is 0.895 bits per heavy atom. The van der Waals surface area contributed by atoms with Crippen LogP contribution in [0.5, 0.6) is 0 Å². The van der Waals surface area contributed by atoms with Crippen molar-refractivity contribution in [3.8, 4) is 0 Å². The first kappa shape index (κ1) is 14.5.